The predicted octanol–water partition coefficient (Wildman–Crippen LogP) is 2.92. The van der Waals surface area contributed by atoms with E-state index in [9.17, 15) is 4.79 Å². The Labute approximate surface area is 85.8 Å². The van der Waals surface area contributed by atoms with Gasteiger partial charge in [0.15, 0.2) is 0 Å². The van der Waals surface area contributed by atoms with Crippen LogP contribution in [-0.2, 0) is 11.2 Å². The Morgan fingerprint density at radius 2 is 2.21 bits per heavy atom. The topological polar surface area (TPSA) is 37.3 Å². The molecule has 0 unspecified atom stereocenters. The first-order chi connectivity index (χ1) is 6.77. The molecule has 72 valence electrons. The van der Waals surface area contributed by atoms with Gasteiger partial charge in [0.2, 0.25) is 0 Å². The van der Waals surface area contributed by atoms with E-state index in [1.54, 1.807) is 11.3 Å². The van der Waals surface area contributed by atoms with Crippen molar-refractivity contribution >= 4 is 27.4 Å². The van der Waals surface area contributed by atoms with Gasteiger partial charge >= 0.3 is 5.97 Å². The Kier molecular flexibility index (Phi) is 2.50. The highest BCUT2D eigenvalue weighted by Crippen LogP contribution is 2.25. The molecule has 2 rings (SSSR count). The van der Waals surface area contributed by atoms with Gasteiger partial charge in [-0.25, -0.2) is 0 Å². The second kappa shape index (κ2) is 3.80. The summed E-state index contributed by atoms with van der Waals surface area (Å²) in [4.78, 5) is 10.5. The van der Waals surface area contributed by atoms with Crippen molar-refractivity contribution in [1.82, 2.24) is 0 Å². The predicted molar refractivity (Wildman–Crippen MR) is 57.8 cm³/mol. The molecule has 1 aromatic heterocycles. The molecule has 0 spiro atoms. The minimum Gasteiger partial charge on any atom is -0.481 e. The fraction of sp³-hybridized carbons (Fsp3) is 0.182. The summed E-state index contributed by atoms with van der Waals surface area (Å²) in [5, 5.41) is 11.8. The zero-order valence-electron chi connectivity index (χ0n) is 7.56. The van der Waals surface area contributed by atoms with Gasteiger partial charge in [0.05, 0.1) is 0 Å². The highest BCUT2D eigenvalue weighted by Gasteiger charge is 2.04. The smallest absolute Gasteiger partial charge is 0.303 e. The second-order valence-corrected chi connectivity index (χ2v) is 4.07. The minimum atomic E-state index is -0.737. The Morgan fingerprint density at radius 3 is 3.00 bits per heavy atom. The monoisotopic (exact) mass is 206 g/mol. The van der Waals surface area contributed by atoms with Crippen molar-refractivity contribution in [3.05, 3.63) is 35.2 Å². The zero-order valence-corrected chi connectivity index (χ0v) is 8.38. The Morgan fingerprint density at radius 1 is 1.36 bits per heavy atom. The normalized spacial score (nSPS) is 10.6. The third-order valence-corrected chi connectivity index (χ3v) is 3.17. The number of thiophene rings is 1. The van der Waals surface area contributed by atoms with Crippen LogP contribution >= 0.6 is 11.3 Å². The summed E-state index contributed by atoms with van der Waals surface area (Å²) < 4.78 is 1.22. The van der Waals surface area contributed by atoms with Crippen molar-refractivity contribution < 1.29 is 9.90 Å². The van der Waals surface area contributed by atoms with Crippen molar-refractivity contribution in [2.45, 2.75) is 12.8 Å². The molecule has 0 saturated carbocycles. The van der Waals surface area contributed by atoms with E-state index in [-0.39, 0.29) is 6.42 Å². The van der Waals surface area contributed by atoms with Crippen LogP contribution in [0.4, 0.5) is 0 Å². The first-order valence-electron chi connectivity index (χ1n) is 4.44. The molecule has 1 aromatic carbocycles. The molecule has 2 aromatic rings. The van der Waals surface area contributed by atoms with E-state index in [4.69, 9.17) is 5.11 Å². The fourth-order valence-corrected chi connectivity index (χ4v) is 2.44. The fourth-order valence-electron chi connectivity index (χ4n) is 1.49. The molecule has 0 bridgehead atoms. The number of hydrogen-bond acceptors (Lipinski definition) is 2. The van der Waals surface area contributed by atoms with Gasteiger partial charge in [0.1, 0.15) is 0 Å². The number of hydrogen-bond donors (Lipinski definition) is 1. The summed E-state index contributed by atoms with van der Waals surface area (Å²) in [7, 11) is 0. The maximum Gasteiger partial charge on any atom is 0.303 e. The number of aliphatic carboxylic acids is 1. The Bertz CT molecular complexity index is 459. The first-order valence-corrected chi connectivity index (χ1v) is 5.32. The second-order valence-electron chi connectivity index (χ2n) is 3.15. The molecule has 0 fully saturated rings. The van der Waals surface area contributed by atoms with Gasteiger partial charge in [0.25, 0.3) is 0 Å². The lowest BCUT2D eigenvalue weighted by Gasteiger charge is -1.99. The molecule has 0 aliphatic carbocycles. The largest absolute Gasteiger partial charge is 0.481 e. The van der Waals surface area contributed by atoms with Crippen molar-refractivity contribution in [1.29, 1.82) is 0 Å². The average Bonchev–Trinajstić information content (AvgIpc) is 2.62. The van der Waals surface area contributed by atoms with Crippen LogP contribution < -0.4 is 0 Å². The number of rotatable bonds is 3. The third kappa shape index (κ3) is 1.77. The molecule has 14 heavy (non-hydrogen) atoms. The molecule has 0 aliphatic heterocycles. The average molecular weight is 206 g/mol. The van der Waals surface area contributed by atoms with Crippen molar-refractivity contribution in [2.24, 2.45) is 0 Å². The van der Waals surface area contributed by atoms with Gasteiger partial charge in [-0.15, -0.1) is 11.3 Å². The lowest BCUT2D eigenvalue weighted by molar-refractivity contribution is -0.136. The van der Waals surface area contributed by atoms with Crippen LogP contribution in [0.3, 0.4) is 0 Å². The molecule has 0 aliphatic rings. The van der Waals surface area contributed by atoms with Crippen LogP contribution in [0.25, 0.3) is 10.1 Å². The molecule has 1 N–H and O–H groups in total. The summed E-state index contributed by atoms with van der Waals surface area (Å²) in [6.45, 7) is 0. The van der Waals surface area contributed by atoms with Crippen LogP contribution in [0.2, 0.25) is 0 Å². The molecule has 0 radical (unpaired) electrons. The van der Waals surface area contributed by atoms with Crippen molar-refractivity contribution in [3.8, 4) is 0 Å². The van der Waals surface area contributed by atoms with Gasteiger partial charge in [-0.3, -0.25) is 4.79 Å². The van der Waals surface area contributed by atoms with Crippen LogP contribution in [0.1, 0.15) is 12.0 Å². The van der Waals surface area contributed by atoms with Crippen LogP contribution in [-0.4, -0.2) is 11.1 Å². The van der Waals surface area contributed by atoms with E-state index >= 15 is 0 Å². The van der Waals surface area contributed by atoms with Crippen molar-refractivity contribution in [2.75, 3.05) is 0 Å². The lowest BCUT2D eigenvalue weighted by atomic mass is 10.1. The number of carbonyl (C=O) groups is 1. The molecule has 0 saturated heterocycles. The standard InChI is InChI=1S/C11H10O2S/c12-10(13)5-4-8-2-1-3-9-6-7-14-11(8)9/h1-3,6-7H,4-5H2,(H,12,13). The number of fused-ring (bicyclic) bond motifs is 1. The summed E-state index contributed by atoms with van der Waals surface area (Å²) in [5.74, 6) is -0.737. The number of benzene rings is 1. The SMILES string of the molecule is O=C(O)CCc1cccc2ccsc12. The summed E-state index contributed by atoms with van der Waals surface area (Å²) in [6.07, 6.45) is 0.824. The van der Waals surface area contributed by atoms with Gasteiger partial charge in [0, 0.05) is 11.1 Å². The molecule has 0 amide bonds. The highest BCUT2D eigenvalue weighted by atomic mass is 32.1. The van der Waals surface area contributed by atoms with Gasteiger partial charge in [-0.2, -0.15) is 0 Å². The van der Waals surface area contributed by atoms with E-state index in [2.05, 4.69) is 12.1 Å². The maximum atomic E-state index is 10.5. The zero-order chi connectivity index (χ0) is 9.97. The van der Waals surface area contributed by atoms with E-state index in [1.165, 1.54) is 10.1 Å². The summed E-state index contributed by atoms with van der Waals surface area (Å²) >= 11 is 1.67. The molecule has 1 heterocycles. The molecular formula is C11H10O2S. The first kappa shape index (κ1) is 9.21. The van der Waals surface area contributed by atoms with E-state index in [0.29, 0.717) is 6.42 Å². The van der Waals surface area contributed by atoms with Crippen LogP contribution in [0.15, 0.2) is 29.6 Å². The molecular weight excluding hydrogens is 196 g/mol. The van der Waals surface area contributed by atoms with E-state index in [0.717, 1.165) is 5.56 Å². The number of carboxylic acid groups (broad SMARTS) is 1. The number of aryl methyl sites for hydroxylation is 1. The lowest BCUT2D eigenvalue weighted by Crippen LogP contribution is -1.97. The maximum absolute atomic E-state index is 10.5. The van der Waals surface area contributed by atoms with Crippen LogP contribution in [0, 0.1) is 0 Å². The quantitative estimate of drug-likeness (QED) is 0.838. The van der Waals surface area contributed by atoms with Gasteiger partial charge in [-0.1, -0.05) is 18.2 Å². The van der Waals surface area contributed by atoms with Crippen LogP contribution in [0.5, 0.6) is 0 Å². The van der Waals surface area contributed by atoms with Gasteiger partial charge < -0.3 is 5.11 Å². The summed E-state index contributed by atoms with van der Waals surface area (Å²) in [5.41, 5.74) is 1.14. The molecule has 0 atom stereocenters. The minimum absolute atomic E-state index is 0.205. The summed E-state index contributed by atoms with van der Waals surface area (Å²) in [6, 6.07) is 8.09. The van der Waals surface area contributed by atoms with E-state index in [1.807, 2.05) is 17.5 Å². The molecule has 3 heteroatoms. The van der Waals surface area contributed by atoms with E-state index < -0.39 is 5.97 Å². The van der Waals surface area contributed by atoms with Gasteiger partial charge in [-0.05, 0) is 28.8 Å². The molecule has 2 nitrogen and oxygen atoms in total. The number of carboxylic acids is 1. The Balaban J connectivity index is 2.32. The Hall–Kier alpha value is -1.35. The third-order valence-electron chi connectivity index (χ3n) is 2.17. The highest BCUT2D eigenvalue weighted by molar-refractivity contribution is 7.17. The van der Waals surface area contributed by atoms with Crippen molar-refractivity contribution in [3.63, 3.8) is 0 Å².